The van der Waals surface area contributed by atoms with Crippen LogP contribution in [0.15, 0.2) is 116 Å². The number of aromatic nitrogens is 1. The number of hydrogen-bond donors (Lipinski definition) is 1. The minimum absolute atomic E-state index is 0.184. The number of pyridine rings is 1. The maximum atomic E-state index is 13.6. The van der Waals surface area contributed by atoms with Crippen molar-refractivity contribution in [1.29, 1.82) is 0 Å². The molecule has 176 valence electrons. The summed E-state index contributed by atoms with van der Waals surface area (Å²) in [6.45, 7) is 0.387. The second kappa shape index (κ2) is 12.1. The lowest BCUT2D eigenvalue weighted by atomic mass is 10.0. The van der Waals surface area contributed by atoms with Crippen LogP contribution in [0.5, 0.6) is 5.75 Å². The third-order valence-electron chi connectivity index (χ3n) is 5.49. The first-order valence-electron chi connectivity index (χ1n) is 11.4. The van der Waals surface area contributed by atoms with Crippen molar-refractivity contribution in [2.75, 3.05) is 6.61 Å². The van der Waals surface area contributed by atoms with E-state index in [9.17, 15) is 9.59 Å². The molecule has 35 heavy (non-hydrogen) atoms. The number of hydrogen-bond acceptors (Lipinski definition) is 4. The summed E-state index contributed by atoms with van der Waals surface area (Å²) in [5.41, 5.74) is 2.52. The number of carbonyl (C=O) groups excluding carboxylic acids is 2. The lowest BCUT2D eigenvalue weighted by molar-refractivity contribution is -0.143. The summed E-state index contributed by atoms with van der Waals surface area (Å²) in [4.78, 5) is 32.8. The molecule has 1 atom stereocenters. The molecule has 1 aromatic heterocycles. The van der Waals surface area contributed by atoms with Crippen molar-refractivity contribution >= 4 is 11.8 Å². The third kappa shape index (κ3) is 6.77. The van der Waals surface area contributed by atoms with E-state index in [1.807, 2.05) is 91.0 Å². The number of rotatable bonds is 10. The van der Waals surface area contributed by atoms with Gasteiger partial charge in [-0.1, -0.05) is 84.9 Å². The van der Waals surface area contributed by atoms with Gasteiger partial charge in [0.1, 0.15) is 11.8 Å². The van der Waals surface area contributed by atoms with Crippen LogP contribution in [0.1, 0.15) is 22.7 Å². The normalized spacial score (nSPS) is 11.3. The van der Waals surface area contributed by atoms with E-state index >= 15 is 0 Å². The highest BCUT2D eigenvalue weighted by atomic mass is 16.5. The molecule has 4 aromatic rings. The first-order chi connectivity index (χ1) is 17.2. The van der Waals surface area contributed by atoms with Crippen LogP contribution < -0.4 is 10.1 Å². The summed E-state index contributed by atoms with van der Waals surface area (Å²) in [6, 6.07) is 31.0. The van der Waals surface area contributed by atoms with Crippen molar-refractivity contribution in [3.05, 3.63) is 132 Å². The molecule has 0 saturated heterocycles. The van der Waals surface area contributed by atoms with Gasteiger partial charge in [-0.25, -0.2) is 0 Å². The van der Waals surface area contributed by atoms with E-state index in [1.165, 1.54) is 0 Å². The van der Waals surface area contributed by atoms with Crippen molar-refractivity contribution in [3.63, 3.8) is 0 Å². The van der Waals surface area contributed by atoms with E-state index in [0.29, 0.717) is 12.3 Å². The summed E-state index contributed by atoms with van der Waals surface area (Å²) >= 11 is 0. The average molecular weight is 466 g/mol. The fraction of sp³-hybridized carbons (Fsp3) is 0.138. The zero-order valence-corrected chi connectivity index (χ0v) is 19.3. The summed E-state index contributed by atoms with van der Waals surface area (Å²) < 4.78 is 5.75. The quantitative estimate of drug-likeness (QED) is 0.373. The largest absolute Gasteiger partial charge is 0.484 e. The van der Waals surface area contributed by atoms with Crippen LogP contribution in [0.25, 0.3) is 0 Å². The lowest BCUT2D eigenvalue weighted by Gasteiger charge is -2.31. The van der Waals surface area contributed by atoms with Gasteiger partial charge in [-0.2, -0.15) is 0 Å². The molecule has 6 nitrogen and oxygen atoms in total. The maximum Gasteiger partial charge on any atom is 0.261 e. The molecule has 2 amide bonds. The van der Waals surface area contributed by atoms with E-state index in [4.69, 9.17) is 4.74 Å². The number of ether oxygens (including phenoxy) is 1. The average Bonchev–Trinajstić information content (AvgIpc) is 2.92. The van der Waals surface area contributed by atoms with E-state index < -0.39 is 6.04 Å². The molecule has 1 N–H and O–H groups in total. The van der Waals surface area contributed by atoms with Crippen LogP contribution in [0, 0.1) is 0 Å². The predicted octanol–water partition coefficient (Wildman–Crippen LogP) is 4.55. The SMILES string of the molecule is O=C(NCc1cccnc1)[C@@H](c1ccccc1)N(Cc1ccccc1)C(=O)COc1ccccc1. The molecule has 0 aliphatic rings. The second-order valence-corrected chi connectivity index (χ2v) is 8.00. The molecule has 0 unspecified atom stereocenters. The Balaban J connectivity index is 1.61. The summed E-state index contributed by atoms with van der Waals surface area (Å²) in [5.74, 6) is 0.0323. The van der Waals surface area contributed by atoms with E-state index in [2.05, 4.69) is 10.3 Å². The Labute approximate surface area is 205 Å². The van der Waals surface area contributed by atoms with Gasteiger partial charge < -0.3 is 15.0 Å². The molecule has 1 heterocycles. The van der Waals surface area contributed by atoms with Crippen LogP contribution in [-0.4, -0.2) is 28.3 Å². The molecule has 0 saturated carbocycles. The second-order valence-electron chi connectivity index (χ2n) is 8.00. The number of carbonyl (C=O) groups is 2. The third-order valence-corrected chi connectivity index (χ3v) is 5.49. The number of nitrogens with zero attached hydrogens (tertiary/aromatic N) is 2. The van der Waals surface area contributed by atoms with Gasteiger partial charge in [0.15, 0.2) is 6.61 Å². The number of amides is 2. The molecule has 0 bridgehead atoms. The Morgan fingerprint density at radius 1 is 0.800 bits per heavy atom. The van der Waals surface area contributed by atoms with Crippen LogP contribution in [0.2, 0.25) is 0 Å². The molecule has 0 radical (unpaired) electrons. The van der Waals surface area contributed by atoms with Gasteiger partial charge in [0.05, 0.1) is 0 Å². The zero-order chi connectivity index (χ0) is 24.3. The Bertz CT molecular complexity index is 1200. The van der Waals surface area contributed by atoms with Gasteiger partial charge in [0.25, 0.3) is 5.91 Å². The number of para-hydroxylation sites is 1. The van der Waals surface area contributed by atoms with Crippen molar-refractivity contribution in [2.24, 2.45) is 0 Å². The van der Waals surface area contributed by atoms with Crippen LogP contribution in [-0.2, 0) is 22.7 Å². The number of benzene rings is 3. The minimum Gasteiger partial charge on any atom is -0.484 e. The lowest BCUT2D eigenvalue weighted by Crippen LogP contribution is -2.45. The molecule has 0 aliphatic heterocycles. The minimum atomic E-state index is -0.833. The van der Waals surface area contributed by atoms with Crippen LogP contribution in [0.3, 0.4) is 0 Å². The van der Waals surface area contributed by atoms with E-state index in [1.54, 1.807) is 29.4 Å². The molecular formula is C29H27N3O3. The molecule has 6 heteroatoms. The summed E-state index contributed by atoms with van der Waals surface area (Å²) in [7, 11) is 0. The Morgan fingerprint density at radius 3 is 2.09 bits per heavy atom. The topological polar surface area (TPSA) is 71.5 Å². The maximum absolute atomic E-state index is 13.6. The van der Waals surface area contributed by atoms with Gasteiger partial charge in [0.2, 0.25) is 5.91 Å². The highest BCUT2D eigenvalue weighted by molar-refractivity contribution is 5.89. The predicted molar refractivity (Wildman–Crippen MR) is 134 cm³/mol. The first kappa shape index (κ1) is 23.7. The van der Waals surface area contributed by atoms with Crippen molar-refractivity contribution in [2.45, 2.75) is 19.1 Å². The smallest absolute Gasteiger partial charge is 0.261 e. The Morgan fingerprint density at radius 2 is 1.43 bits per heavy atom. The van der Waals surface area contributed by atoms with Gasteiger partial charge in [0, 0.05) is 25.5 Å². The van der Waals surface area contributed by atoms with E-state index in [-0.39, 0.29) is 25.0 Å². The summed E-state index contributed by atoms with van der Waals surface area (Å²) in [5, 5.41) is 2.98. The van der Waals surface area contributed by atoms with Crippen molar-refractivity contribution in [1.82, 2.24) is 15.2 Å². The summed E-state index contributed by atoms with van der Waals surface area (Å²) in [6.07, 6.45) is 3.39. The van der Waals surface area contributed by atoms with Gasteiger partial charge in [-0.3, -0.25) is 14.6 Å². The highest BCUT2D eigenvalue weighted by Crippen LogP contribution is 2.24. The zero-order valence-electron chi connectivity index (χ0n) is 19.3. The Hall–Kier alpha value is -4.45. The van der Waals surface area contributed by atoms with E-state index in [0.717, 1.165) is 16.7 Å². The Kier molecular flexibility index (Phi) is 8.22. The molecule has 3 aromatic carbocycles. The fourth-order valence-corrected chi connectivity index (χ4v) is 3.75. The molecule has 0 spiro atoms. The molecular weight excluding hydrogens is 438 g/mol. The molecule has 0 aliphatic carbocycles. The number of nitrogens with one attached hydrogen (secondary N) is 1. The van der Waals surface area contributed by atoms with Crippen LogP contribution >= 0.6 is 0 Å². The standard InChI is InChI=1S/C29H27N3O3/c33-27(22-35-26-16-8-3-9-17-26)32(21-23-11-4-1-5-12-23)28(25-14-6-2-7-15-25)29(34)31-20-24-13-10-18-30-19-24/h1-19,28H,20-22H2,(H,31,34)/t28-/m1/s1. The van der Waals surface area contributed by atoms with Crippen molar-refractivity contribution < 1.29 is 14.3 Å². The monoisotopic (exact) mass is 465 g/mol. The van der Waals surface area contributed by atoms with Gasteiger partial charge >= 0.3 is 0 Å². The highest BCUT2D eigenvalue weighted by Gasteiger charge is 2.31. The van der Waals surface area contributed by atoms with Crippen LogP contribution in [0.4, 0.5) is 0 Å². The van der Waals surface area contributed by atoms with Gasteiger partial charge in [-0.15, -0.1) is 0 Å². The first-order valence-corrected chi connectivity index (χ1v) is 11.4. The van der Waals surface area contributed by atoms with Gasteiger partial charge in [-0.05, 0) is 34.9 Å². The van der Waals surface area contributed by atoms with Crippen molar-refractivity contribution in [3.8, 4) is 5.75 Å². The molecule has 4 rings (SSSR count). The molecule has 0 fully saturated rings. The fourth-order valence-electron chi connectivity index (χ4n) is 3.75.